The molecule has 210 valence electrons. The number of benzene rings is 1. The van der Waals surface area contributed by atoms with Crippen LogP contribution in [-0.4, -0.2) is 45.1 Å². The number of anilines is 1. The molecule has 39 heavy (non-hydrogen) atoms. The Labute approximate surface area is 232 Å². The third-order valence-electron chi connectivity index (χ3n) is 7.10. The SMILES string of the molecule is CCCCCCCCCCNCc1cncc(-c2ccc3c(c2)CCC(=O)N3C)c1.Cn1ccnc1C(=O)O. The van der Waals surface area contributed by atoms with Crippen LogP contribution in [0.4, 0.5) is 5.69 Å². The predicted molar refractivity (Wildman–Crippen MR) is 156 cm³/mol. The van der Waals surface area contributed by atoms with Crippen molar-refractivity contribution in [3.05, 3.63) is 66.0 Å². The van der Waals surface area contributed by atoms with Gasteiger partial charge in [0.2, 0.25) is 11.7 Å². The van der Waals surface area contributed by atoms with Crippen molar-refractivity contribution in [1.82, 2.24) is 19.9 Å². The van der Waals surface area contributed by atoms with Gasteiger partial charge in [0.25, 0.3) is 0 Å². The fourth-order valence-corrected chi connectivity index (χ4v) is 4.77. The topological polar surface area (TPSA) is 100 Å². The van der Waals surface area contributed by atoms with E-state index in [0.29, 0.717) is 6.42 Å². The number of aromatic carboxylic acids is 1. The highest BCUT2D eigenvalue weighted by Gasteiger charge is 2.21. The molecular weight excluding hydrogens is 490 g/mol. The molecule has 1 aliphatic heterocycles. The summed E-state index contributed by atoms with van der Waals surface area (Å²) in [4.78, 5) is 31.9. The van der Waals surface area contributed by atoms with Gasteiger partial charge in [-0.05, 0) is 54.3 Å². The third-order valence-corrected chi connectivity index (χ3v) is 7.10. The Morgan fingerprint density at radius 3 is 2.38 bits per heavy atom. The fraction of sp³-hybridized carbons (Fsp3) is 0.484. The number of fused-ring (bicyclic) bond motifs is 1. The molecule has 3 aromatic rings. The summed E-state index contributed by atoms with van der Waals surface area (Å²) >= 11 is 0. The lowest BCUT2D eigenvalue weighted by Gasteiger charge is -2.26. The minimum absolute atomic E-state index is 0.0648. The third kappa shape index (κ3) is 9.32. The van der Waals surface area contributed by atoms with Crippen LogP contribution in [-0.2, 0) is 24.8 Å². The van der Waals surface area contributed by atoms with Gasteiger partial charge in [-0.25, -0.2) is 9.78 Å². The summed E-state index contributed by atoms with van der Waals surface area (Å²) in [5.41, 5.74) is 5.81. The van der Waals surface area contributed by atoms with Crippen LogP contribution in [0, 0.1) is 0 Å². The number of nitrogens with zero attached hydrogens (tertiary/aromatic N) is 4. The summed E-state index contributed by atoms with van der Waals surface area (Å²) < 4.78 is 1.45. The van der Waals surface area contributed by atoms with Gasteiger partial charge >= 0.3 is 5.97 Å². The van der Waals surface area contributed by atoms with E-state index in [9.17, 15) is 9.59 Å². The average Bonchev–Trinajstić information content (AvgIpc) is 3.38. The molecule has 2 N–H and O–H groups in total. The zero-order valence-electron chi connectivity index (χ0n) is 23.7. The number of pyridine rings is 1. The Bertz CT molecular complexity index is 1210. The first kappa shape index (κ1) is 30.0. The van der Waals surface area contributed by atoms with E-state index in [4.69, 9.17) is 5.11 Å². The molecule has 1 aromatic carbocycles. The molecule has 0 saturated carbocycles. The molecule has 0 saturated heterocycles. The first-order valence-electron chi connectivity index (χ1n) is 14.2. The second-order valence-corrected chi connectivity index (χ2v) is 10.2. The van der Waals surface area contributed by atoms with Crippen LogP contribution >= 0.6 is 0 Å². The second kappa shape index (κ2) is 15.8. The van der Waals surface area contributed by atoms with Gasteiger partial charge in [0.05, 0.1) is 0 Å². The predicted octanol–water partition coefficient (Wildman–Crippen LogP) is 6.01. The summed E-state index contributed by atoms with van der Waals surface area (Å²) in [6.07, 6.45) is 19.2. The van der Waals surface area contributed by atoms with Gasteiger partial charge in [-0.3, -0.25) is 9.78 Å². The van der Waals surface area contributed by atoms with Crippen LogP contribution in [0.2, 0.25) is 0 Å². The number of hydrogen-bond acceptors (Lipinski definition) is 5. The van der Waals surface area contributed by atoms with Gasteiger partial charge in [-0.15, -0.1) is 0 Å². The van der Waals surface area contributed by atoms with Crippen LogP contribution in [0.15, 0.2) is 49.1 Å². The van der Waals surface area contributed by atoms with Gasteiger partial charge in [0.1, 0.15) is 0 Å². The van der Waals surface area contributed by atoms with Crippen LogP contribution < -0.4 is 10.2 Å². The highest BCUT2D eigenvalue weighted by molar-refractivity contribution is 5.96. The zero-order valence-corrected chi connectivity index (χ0v) is 23.7. The van der Waals surface area contributed by atoms with Crippen molar-refractivity contribution in [3.8, 4) is 11.1 Å². The number of carboxylic acid groups (broad SMARTS) is 1. The highest BCUT2D eigenvalue weighted by Crippen LogP contribution is 2.31. The molecule has 0 atom stereocenters. The van der Waals surface area contributed by atoms with E-state index in [0.717, 1.165) is 30.8 Å². The average molecular weight is 534 g/mol. The van der Waals surface area contributed by atoms with Gasteiger partial charge in [-0.2, -0.15) is 0 Å². The number of aryl methyl sites for hydroxylation is 2. The summed E-state index contributed by atoms with van der Waals surface area (Å²) in [5.74, 6) is -0.737. The first-order chi connectivity index (χ1) is 18.9. The quantitative estimate of drug-likeness (QED) is 0.261. The van der Waals surface area contributed by atoms with Crippen molar-refractivity contribution >= 4 is 17.6 Å². The summed E-state index contributed by atoms with van der Waals surface area (Å²) in [6.45, 7) is 4.20. The first-order valence-corrected chi connectivity index (χ1v) is 14.2. The van der Waals surface area contributed by atoms with E-state index in [2.05, 4.69) is 46.5 Å². The fourth-order valence-electron chi connectivity index (χ4n) is 4.77. The minimum atomic E-state index is -0.998. The second-order valence-electron chi connectivity index (χ2n) is 10.2. The molecule has 0 aliphatic carbocycles. The maximum absolute atomic E-state index is 11.9. The lowest BCUT2D eigenvalue weighted by Crippen LogP contribution is -2.30. The van der Waals surface area contributed by atoms with Crippen LogP contribution in [0.1, 0.15) is 86.5 Å². The number of carbonyl (C=O) groups excluding carboxylic acids is 1. The van der Waals surface area contributed by atoms with Gasteiger partial charge < -0.3 is 19.9 Å². The lowest BCUT2D eigenvalue weighted by atomic mass is 9.96. The molecular formula is C31H43N5O3. The number of aromatic nitrogens is 3. The van der Waals surface area contributed by atoms with E-state index in [-0.39, 0.29) is 11.7 Å². The summed E-state index contributed by atoms with van der Waals surface area (Å²) in [5, 5.41) is 11.9. The molecule has 2 aromatic heterocycles. The zero-order chi connectivity index (χ0) is 28.0. The molecule has 0 unspecified atom stereocenters. The smallest absolute Gasteiger partial charge is 0.372 e. The number of amides is 1. The molecule has 4 rings (SSSR count). The molecule has 1 aliphatic rings. The molecule has 0 fully saturated rings. The number of nitrogens with one attached hydrogen (secondary N) is 1. The normalized spacial score (nSPS) is 12.6. The number of carboxylic acids is 1. The molecule has 8 heteroatoms. The number of hydrogen-bond donors (Lipinski definition) is 2. The minimum Gasteiger partial charge on any atom is -0.475 e. The van der Waals surface area contributed by atoms with Crippen molar-refractivity contribution < 1.29 is 14.7 Å². The molecule has 0 spiro atoms. The number of carbonyl (C=O) groups is 2. The van der Waals surface area contributed by atoms with Crippen LogP contribution in [0.3, 0.4) is 0 Å². The van der Waals surface area contributed by atoms with Crippen molar-refractivity contribution in [2.75, 3.05) is 18.5 Å². The van der Waals surface area contributed by atoms with Crippen molar-refractivity contribution in [3.63, 3.8) is 0 Å². The summed E-state index contributed by atoms with van der Waals surface area (Å²) in [7, 11) is 3.50. The highest BCUT2D eigenvalue weighted by atomic mass is 16.4. The van der Waals surface area contributed by atoms with E-state index >= 15 is 0 Å². The van der Waals surface area contributed by atoms with Crippen LogP contribution in [0.25, 0.3) is 11.1 Å². The van der Waals surface area contributed by atoms with E-state index < -0.39 is 5.97 Å². The standard InChI is InChI=1S/C26H37N3O.C5H6N2O2/c1-3-4-5-6-7-8-9-10-15-27-18-21-16-24(20-28-19-21)22-11-13-25-23(17-22)12-14-26(30)29(25)2;1-7-3-2-6-4(7)5(8)9/h11,13,16-17,19-20,27H,3-10,12,14-15,18H2,1-2H3;2-3H,1H3,(H,8,9). The van der Waals surface area contributed by atoms with Crippen molar-refractivity contribution in [2.45, 2.75) is 77.7 Å². The molecule has 3 heterocycles. The maximum atomic E-state index is 11.9. The molecule has 1 amide bonds. The molecule has 8 nitrogen and oxygen atoms in total. The Balaban J connectivity index is 0.000000395. The maximum Gasteiger partial charge on any atom is 0.372 e. The van der Waals surface area contributed by atoms with Gasteiger partial charge in [-0.1, -0.05) is 57.9 Å². The van der Waals surface area contributed by atoms with Crippen molar-refractivity contribution in [2.24, 2.45) is 7.05 Å². The number of unbranched alkanes of at least 4 members (excludes halogenated alkanes) is 7. The monoisotopic (exact) mass is 533 g/mol. The number of imidazole rings is 1. The van der Waals surface area contributed by atoms with E-state index in [1.54, 1.807) is 18.1 Å². The van der Waals surface area contributed by atoms with E-state index in [1.807, 2.05) is 19.4 Å². The van der Waals surface area contributed by atoms with Gasteiger partial charge in [0.15, 0.2) is 0 Å². The van der Waals surface area contributed by atoms with Crippen LogP contribution in [0.5, 0.6) is 0 Å². The lowest BCUT2D eigenvalue weighted by molar-refractivity contribution is -0.118. The Hall–Kier alpha value is -3.52. The Morgan fingerprint density at radius 2 is 1.72 bits per heavy atom. The molecule has 0 radical (unpaired) electrons. The summed E-state index contributed by atoms with van der Waals surface area (Å²) in [6, 6.07) is 8.61. The largest absolute Gasteiger partial charge is 0.475 e. The van der Waals surface area contributed by atoms with Crippen molar-refractivity contribution in [1.29, 1.82) is 0 Å². The number of rotatable bonds is 13. The van der Waals surface area contributed by atoms with Gasteiger partial charge in [0, 0.05) is 63.1 Å². The van der Waals surface area contributed by atoms with E-state index in [1.165, 1.54) is 78.8 Å². The Kier molecular flexibility index (Phi) is 12.2. The Morgan fingerprint density at radius 1 is 0.974 bits per heavy atom. The molecule has 0 bridgehead atoms.